The van der Waals surface area contributed by atoms with Crippen LogP contribution in [0.2, 0.25) is 0 Å². The predicted octanol–water partition coefficient (Wildman–Crippen LogP) is 2.97. The Hall–Kier alpha value is -2.60. The Morgan fingerprint density at radius 3 is 2.75 bits per heavy atom. The number of ether oxygens (including phenoxy) is 1. The van der Waals surface area contributed by atoms with E-state index in [2.05, 4.69) is 10.2 Å². The number of carboxylic acid groups (broad SMARTS) is 1. The molecule has 1 heterocycles. The smallest absolute Gasteiger partial charge is 0.335 e. The molecule has 0 aromatic heterocycles. The van der Waals surface area contributed by atoms with Gasteiger partial charge in [-0.15, -0.1) is 0 Å². The monoisotopic (exact) mass is 330 g/mol. The Labute approximate surface area is 139 Å². The average Bonchev–Trinajstić information content (AvgIpc) is 2.60. The quantitative estimate of drug-likeness (QED) is 0.882. The van der Waals surface area contributed by atoms with E-state index in [1.165, 1.54) is 12.1 Å². The van der Waals surface area contributed by atoms with E-state index in [-0.39, 0.29) is 11.4 Å². The maximum Gasteiger partial charge on any atom is 0.335 e. The van der Waals surface area contributed by atoms with E-state index < -0.39 is 5.97 Å². The SMILES string of the molecule is O=C(O)c1cccc(CNc2cc(F)cc(N3CCOCC3)c2)c1. The van der Waals surface area contributed by atoms with E-state index in [0.717, 1.165) is 24.3 Å². The van der Waals surface area contributed by atoms with Gasteiger partial charge in [0.25, 0.3) is 0 Å². The van der Waals surface area contributed by atoms with E-state index in [1.807, 2.05) is 12.1 Å². The third-order valence-corrected chi connectivity index (χ3v) is 3.93. The molecular weight excluding hydrogens is 311 g/mol. The number of morpholine rings is 1. The zero-order valence-electron chi connectivity index (χ0n) is 13.2. The summed E-state index contributed by atoms with van der Waals surface area (Å²) in [6, 6.07) is 11.5. The number of rotatable bonds is 5. The van der Waals surface area contributed by atoms with Crippen LogP contribution in [0.25, 0.3) is 0 Å². The average molecular weight is 330 g/mol. The summed E-state index contributed by atoms with van der Waals surface area (Å²) in [5, 5.41) is 12.2. The van der Waals surface area contributed by atoms with Gasteiger partial charge in [0, 0.05) is 31.0 Å². The number of benzene rings is 2. The molecule has 24 heavy (non-hydrogen) atoms. The Kier molecular flexibility index (Phi) is 4.96. The number of carboxylic acids is 1. The van der Waals surface area contributed by atoms with Crippen molar-refractivity contribution in [2.45, 2.75) is 6.54 Å². The van der Waals surface area contributed by atoms with Crippen LogP contribution in [0, 0.1) is 5.82 Å². The molecule has 2 N–H and O–H groups in total. The molecule has 2 aromatic carbocycles. The van der Waals surface area contributed by atoms with Gasteiger partial charge in [-0.1, -0.05) is 12.1 Å². The fourth-order valence-electron chi connectivity index (χ4n) is 2.70. The van der Waals surface area contributed by atoms with Gasteiger partial charge in [0.1, 0.15) is 5.82 Å². The summed E-state index contributed by atoms with van der Waals surface area (Å²) in [5.74, 6) is -1.27. The van der Waals surface area contributed by atoms with Crippen LogP contribution in [-0.4, -0.2) is 37.4 Å². The second kappa shape index (κ2) is 7.31. The fraction of sp³-hybridized carbons (Fsp3) is 0.278. The standard InChI is InChI=1S/C18H19FN2O3/c19-15-9-16(11-17(10-15)21-4-6-24-7-5-21)20-12-13-2-1-3-14(8-13)18(22)23/h1-3,8-11,20H,4-7,12H2,(H,22,23). The normalized spacial score (nSPS) is 14.5. The van der Waals surface area contributed by atoms with Crippen LogP contribution in [0.15, 0.2) is 42.5 Å². The predicted molar refractivity (Wildman–Crippen MR) is 90.2 cm³/mol. The first kappa shape index (κ1) is 16.3. The van der Waals surface area contributed by atoms with E-state index in [0.29, 0.717) is 25.4 Å². The van der Waals surface area contributed by atoms with Gasteiger partial charge in [-0.25, -0.2) is 9.18 Å². The molecule has 0 bridgehead atoms. The van der Waals surface area contributed by atoms with Crippen LogP contribution in [0.1, 0.15) is 15.9 Å². The highest BCUT2D eigenvalue weighted by molar-refractivity contribution is 5.87. The molecule has 0 unspecified atom stereocenters. The van der Waals surface area contributed by atoms with Crippen molar-refractivity contribution in [2.24, 2.45) is 0 Å². The summed E-state index contributed by atoms with van der Waals surface area (Å²) in [7, 11) is 0. The molecule has 1 aliphatic heterocycles. The van der Waals surface area contributed by atoms with Gasteiger partial charge in [-0.3, -0.25) is 0 Å². The minimum Gasteiger partial charge on any atom is -0.478 e. The third kappa shape index (κ3) is 4.02. The number of nitrogens with zero attached hydrogens (tertiary/aromatic N) is 1. The van der Waals surface area contributed by atoms with Crippen molar-refractivity contribution in [1.29, 1.82) is 0 Å². The lowest BCUT2D eigenvalue weighted by atomic mass is 10.1. The van der Waals surface area contributed by atoms with E-state index in [9.17, 15) is 9.18 Å². The minimum atomic E-state index is -0.961. The van der Waals surface area contributed by atoms with E-state index in [4.69, 9.17) is 9.84 Å². The number of hydrogen-bond acceptors (Lipinski definition) is 4. The van der Waals surface area contributed by atoms with Gasteiger partial charge >= 0.3 is 5.97 Å². The molecule has 3 rings (SSSR count). The molecule has 1 saturated heterocycles. The second-order valence-corrected chi connectivity index (χ2v) is 5.66. The molecule has 5 nitrogen and oxygen atoms in total. The number of nitrogens with one attached hydrogen (secondary N) is 1. The molecule has 0 aliphatic carbocycles. The minimum absolute atomic E-state index is 0.238. The summed E-state index contributed by atoms with van der Waals surface area (Å²) in [4.78, 5) is 13.1. The first-order valence-corrected chi connectivity index (χ1v) is 7.81. The van der Waals surface area contributed by atoms with Gasteiger partial charge in [0.15, 0.2) is 0 Å². The highest BCUT2D eigenvalue weighted by Gasteiger charge is 2.13. The Balaban J connectivity index is 1.72. The van der Waals surface area contributed by atoms with Crippen LogP contribution < -0.4 is 10.2 Å². The summed E-state index contributed by atoms with van der Waals surface area (Å²) in [6.45, 7) is 3.18. The fourth-order valence-corrected chi connectivity index (χ4v) is 2.70. The first-order valence-electron chi connectivity index (χ1n) is 7.81. The van der Waals surface area contributed by atoms with Crippen molar-refractivity contribution >= 4 is 17.3 Å². The second-order valence-electron chi connectivity index (χ2n) is 5.66. The largest absolute Gasteiger partial charge is 0.478 e. The molecule has 126 valence electrons. The highest BCUT2D eigenvalue weighted by atomic mass is 19.1. The third-order valence-electron chi connectivity index (χ3n) is 3.93. The van der Waals surface area contributed by atoms with E-state index >= 15 is 0 Å². The van der Waals surface area contributed by atoms with Crippen molar-refractivity contribution in [3.63, 3.8) is 0 Å². The number of hydrogen-bond donors (Lipinski definition) is 2. The molecule has 0 atom stereocenters. The van der Waals surface area contributed by atoms with Gasteiger partial charge in [-0.05, 0) is 35.9 Å². The van der Waals surface area contributed by atoms with Crippen LogP contribution in [0.5, 0.6) is 0 Å². The summed E-state index contributed by atoms with van der Waals surface area (Å²) < 4.78 is 19.2. The Morgan fingerprint density at radius 1 is 1.21 bits per heavy atom. The zero-order valence-corrected chi connectivity index (χ0v) is 13.2. The van der Waals surface area contributed by atoms with Crippen LogP contribution in [0.4, 0.5) is 15.8 Å². The topological polar surface area (TPSA) is 61.8 Å². The molecule has 2 aromatic rings. The number of carbonyl (C=O) groups is 1. The van der Waals surface area contributed by atoms with Gasteiger partial charge in [0.2, 0.25) is 0 Å². The van der Waals surface area contributed by atoms with E-state index in [1.54, 1.807) is 18.2 Å². The maximum absolute atomic E-state index is 13.9. The molecule has 0 radical (unpaired) electrons. The van der Waals surface area contributed by atoms with Crippen molar-refractivity contribution in [3.05, 3.63) is 59.4 Å². The summed E-state index contributed by atoms with van der Waals surface area (Å²) in [5.41, 5.74) is 2.55. The molecule has 0 saturated carbocycles. The van der Waals surface area contributed by atoms with Crippen LogP contribution >= 0.6 is 0 Å². The molecule has 0 amide bonds. The van der Waals surface area contributed by atoms with Crippen molar-refractivity contribution in [3.8, 4) is 0 Å². The Bertz CT molecular complexity index is 730. The zero-order chi connectivity index (χ0) is 16.9. The molecular formula is C18H19FN2O3. The van der Waals surface area contributed by atoms with Crippen LogP contribution in [-0.2, 0) is 11.3 Å². The van der Waals surface area contributed by atoms with Crippen LogP contribution in [0.3, 0.4) is 0 Å². The maximum atomic E-state index is 13.9. The highest BCUT2D eigenvalue weighted by Crippen LogP contribution is 2.23. The van der Waals surface area contributed by atoms with Crippen molar-refractivity contribution in [1.82, 2.24) is 0 Å². The van der Waals surface area contributed by atoms with Gasteiger partial charge in [-0.2, -0.15) is 0 Å². The molecule has 1 fully saturated rings. The number of anilines is 2. The first-order chi connectivity index (χ1) is 11.6. The Morgan fingerprint density at radius 2 is 2.00 bits per heavy atom. The summed E-state index contributed by atoms with van der Waals surface area (Å²) >= 11 is 0. The number of halogens is 1. The van der Waals surface area contributed by atoms with Crippen molar-refractivity contribution < 1.29 is 19.0 Å². The van der Waals surface area contributed by atoms with Gasteiger partial charge in [0.05, 0.1) is 18.8 Å². The number of aromatic carboxylic acids is 1. The molecule has 1 aliphatic rings. The molecule has 6 heteroatoms. The molecule has 0 spiro atoms. The van der Waals surface area contributed by atoms with Gasteiger partial charge < -0.3 is 20.1 Å². The lowest BCUT2D eigenvalue weighted by molar-refractivity contribution is 0.0696. The summed E-state index contributed by atoms with van der Waals surface area (Å²) in [6.07, 6.45) is 0. The lowest BCUT2D eigenvalue weighted by Crippen LogP contribution is -2.36. The lowest BCUT2D eigenvalue weighted by Gasteiger charge is -2.29. The van der Waals surface area contributed by atoms with Crippen molar-refractivity contribution in [2.75, 3.05) is 36.5 Å².